The largest absolute Gasteiger partial charge is 0.350 e. The van der Waals surface area contributed by atoms with Crippen LogP contribution in [0, 0.1) is 0 Å². The van der Waals surface area contributed by atoms with Gasteiger partial charge in [0.15, 0.2) is 9.84 Å². The lowest BCUT2D eigenvalue weighted by Gasteiger charge is -2.22. The van der Waals surface area contributed by atoms with Gasteiger partial charge in [0.2, 0.25) is 0 Å². The first-order chi connectivity index (χ1) is 8.67. The van der Waals surface area contributed by atoms with Crippen molar-refractivity contribution in [3.05, 3.63) is 35.4 Å². The van der Waals surface area contributed by atoms with E-state index in [1.54, 1.807) is 38.1 Å². The summed E-state index contributed by atoms with van der Waals surface area (Å²) in [6.07, 6.45) is 1.16. The molecule has 0 heterocycles. The number of hydrogen-bond donors (Lipinski definition) is 2. The number of amides is 1. The van der Waals surface area contributed by atoms with Crippen molar-refractivity contribution in [3.63, 3.8) is 0 Å². The Labute approximate surface area is 114 Å². The molecule has 0 radical (unpaired) electrons. The Morgan fingerprint density at radius 1 is 1.26 bits per heavy atom. The Kier molecular flexibility index (Phi) is 4.70. The van der Waals surface area contributed by atoms with Crippen molar-refractivity contribution >= 4 is 15.7 Å². The average Bonchev–Trinajstić information content (AvgIpc) is 2.35. The lowest BCUT2D eigenvalue weighted by atomic mass is 10.1. The third-order valence-corrected chi connectivity index (χ3v) is 5.28. The van der Waals surface area contributed by atoms with Gasteiger partial charge < -0.3 is 11.1 Å². The molecule has 0 aliphatic rings. The molecule has 5 nitrogen and oxygen atoms in total. The molecule has 0 atom stereocenters. The second-order valence-electron chi connectivity index (χ2n) is 5.12. The summed E-state index contributed by atoms with van der Waals surface area (Å²) in [5.74, 6) is -0.291. The van der Waals surface area contributed by atoms with Gasteiger partial charge in [-0.1, -0.05) is 12.1 Å². The molecule has 3 N–H and O–H groups in total. The van der Waals surface area contributed by atoms with E-state index in [9.17, 15) is 13.2 Å². The van der Waals surface area contributed by atoms with Crippen LogP contribution in [0.25, 0.3) is 0 Å². The van der Waals surface area contributed by atoms with Gasteiger partial charge in [-0.3, -0.25) is 4.79 Å². The van der Waals surface area contributed by atoms with Crippen LogP contribution in [0.2, 0.25) is 0 Å². The molecule has 0 bridgehead atoms. The van der Waals surface area contributed by atoms with E-state index in [0.717, 1.165) is 11.8 Å². The van der Waals surface area contributed by atoms with Crippen molar-refractivity contribution in [2.45, 2.75) is 25.1 Å². The first-order valence-electron chi connectivity index (χ1n) is 5.94. The maximum atomic E-state index is 11.9. The second kappa shape index (κ2) is 5.71. The van der Waals surface area contributed by atoms with E-state index in [1.807, 2.05) is 0 Å². The molecule has 1 aromatic rings. The minimum Gasteiger partial charge on any atom is -0.350 e. The van der Waals surface area contributed by atoms with Crippen LogP contribution in [0.5, 0.6) is 0 Å². The van der Waals surface area contributed by atoms with Crippen molar-refractivity contribution in [2.24, 2.45) is 5.73 Å². The highest BCUT2D eigenvalue weighted by Crippen LogP contribution is 2.13. The van der Waals surface area contributed by atoms with Crippen molar-refractivity contribution in [2.75, 3.05) is 12.8 Å². The number of nitrogens with two attached hydrogens (primary N) is 1. The molecule has 0 spiro atoms. The minimum absolute atomic E-state index is 0.0727. The molecule has 1 rings (SSSR count). The fraction of sp³-hybridized carbons (Fsp3) is 0.462. The Hall–Kier alpha value is -1.40. The molecule has 0 fully saturated rings. The first-order valence-corrected chi connectivity index (χ1v) is 7.83. The van der Waals surface area contributed by atoms with Crippen LogP contribution in [-0.2, 0) is 16.4 Å². The second-order valence-corrected chi connectivity index (χ2v) is 7.77. The molecule has 0 aromatic heterocycles. The maximum absolute atomic E-state index is 11.9. The summed E-state index contributed by atoms with van der Waals surface area (Å²) in [5, 5.41) is 2.63. The smallest absolute Gasteiger partial charge is 0.251 e. The van der Waals surface area contributed by atoms with Crippen LogP contribution < -0.4 is 11.1 Å². The summed E-state index contributed by atoms with van der Waals surface area (Å²) in [6, 6.07) is 6.89. The lowest BCUT2D eigenvalue weighted by molar-refractivity contribution is 0.0950. The topological polar surface area (TPSA) is 89.3 Å². The first kappa shape index (κ1) is 15.7. The molecule has 0 saturated carbocycles. The van der Waals surface area contributed by atoms with Crippen molar-refractivity contribution in [1.82, 2.24) is 5.32 Å². The molecule has 1 amide bonds. The van der Waals surface area contributed by atoms with Gasteiger partial charge in [0.05, 0.1) is 4.75 Å². The zero-order valence-electron chi connectivity index (χ0n) is 11.4. The van der Waals surface area contributed by atoms with Gasteiger partial charge in [0.1, 0.15) is 0 Å². The van der Waals surface area contributed by atoms with Crippen LogP contribution in [0.15, 0.2) is 24.3 Å². The zero-order chi connectivity index (χ0) is 14.7. The van der Waals surface area contributed by atoms with Gasteiger partial charge >= 0.3 is 0 Å². The molecule has 106 valence electrons. The van der Waals surface area contributed by atoms with Gasteiger partial charge in [-0.2, -0.15) is 0 Å². The molecule has 19 heavy (non-hydrogen) atoms. The molecular formula is C13H20N2O3S. The Bertz CT molecular complexity index is 548. The van der Waals surface area contributed by atoms with Gasteiger partial charge in [-0.15, -0.1) is 0 Å². The number of benzene rings is 1. The summed E-state index contributed by atoms with van der Waals surface area (Å²) >= 11 is 0. The minimum atomic E-state index is -3.22. The van der Waals surface area contributed by atoms with E-state index in [1.165, 1.54) is 0 Å². The highest BCUT2D eigenvalue weighted by atomic mass is 32.2. The average molecular weight is 284 g/mol. The molecule has 6 heteroatoms. The summed E-state index contributed by atoms with van der Waals surface area (Å²) in [7, 11) is -3.22. The van der Waals surface area contributed by atoms with Gasteiger partial charge in [-0.25, -0.2) is 8.42 Å². The van der Waals surface area contributed by atoms with Crippen molar-refractivity contribution in [3.8, 4) is 0 Å². The summed E-state index contributed by atoms with van der Waals surface area (Å²) in [4.78, 5) is 11.9. The van der Waals surface area contributed by atoms with E-state index in [4.69, 9.17) is 5.73 Å². The number of nitrogens with one attached hydrogen (secondary N) is 1. The standard InChI is InChI=1S/C13H20N2O3S/c1-13(2,19(3,17)18)9-15-12(16)11-6-4-10(8-14)5-7-11/h4-7H,8-9,14H2,1-3H3,(H,15,16). The number of rotatable bonds is 5. The molecule has 0 saturated heterocycles. The number of carbonyl (C=O) groups excluding carboxylic acids is 1. The third kappa shape index (κ3) is 4.04. The Morgan fingerprint density at radius 2 is 1.79 bits per heavy atom. The summed E-state index contributed by atoms with van der Waals surface area (Å²) < 4.78 is 22.1. The lowest BCUT2D eigenvalue weighted by Crippen LogP contribution is -2.43. The van der Waals surface area contributed by atoms with Crippen molar-refractivity contribution in [1.29, 1.82) is 0 Å². The van der Waals surface area contributed by atoms with E-state index in [0.29, 0.717) is 12.1 Å². The van der Waals surface area contributed by atoms with E-state index < -0.39 is 14.6 Å². The SMILES string of the molecule is CC(C)(CNC(=O)c1ccc(CN)cc1)S(C)(=O)=O. The van der Waals surface area contributed by atoms with E-state index in [-0.39, 0.29) is 12.5 Å². The van der Waals surface area contributed by atoms with Crippen LogP contribution in [-0.4, -0.2) is 31.9 Å². The predicted octanol–water partition coefficient (Wildman–Crippen LogP) is 0.698. The van der Waals surface area contributed by atoms with E-state index in [2.05, 4.69) is 5.32 Å². The normalized spacial score (nSPS) is 12.2. The monoisotopic (exact) mass is 284 g/mol. The molecule has 0 unspecified atom stereocenters. The molecule has 0 aliphatic heterocycles. The van der Waals surface area contributed by atoms with Gasteiger partial charge in [-0.05, 0) is 31.5 Å². The van der Waals surface area contributed by atoms with Crippen LogP contribution in [0.4, 0.5) is 0 Å². The number of hydrogen-bond acceptors (Lipinski definition) is 4. The third-order valence-electron chi connectivity index (χ3n) is 3.13. The highest BCUT2D eigenvalue weighted by molar-refractivity contribution is 7.92. The predicted molar refractivity (Wildman–Crippen MR) is 75.6 cm³/mol. The van der Waals surface area contributed by atoms with Crippen LogP contribution in [0.1, 0.15) is 29.8 Å². The van der Waals surface area contributed by atoms with E-state index >= 15 is 0 Å². The molecule has 0 aliphatic carbocycles. The zero-order valence-corrected chi connectivity index (χ0v) is 12.3. The Morgan fingerprint density at radius 3 is 2.21 bits per heavy atom. The molecular weight excluding hydrogens is 264 g/mol. The van der Waals surface area contributed by atoms with Crippen LogP contribution >= 0.6 is 0 Å². The summed E-state index contributed by atoms with van der Waals surface area (Å²) in [5.41, 5.74) is 6.90. The molecule has 1 aromatic carbocycles. The van der Waals surface area contributed by atoms with Gasteiger partial charge in [0.25, 0.3) is 5.91 Å². The fourth-order valence-corrected chi connectivity index (χ4v) is 1.65. The number of sulfone groups is 1. The van der Waals surface area contributed by atoms with Crippen LogP contribution in [0.3, 0.4) is 0 Å². The number of carbonyl (C=O) groups is 1. The Balaban J connectivity index is 2.70. The summed E-state index contributed by atoms with van der Waals surface area (Å²) in [6.45, 7) is 3.66. The van der Waals surface area contributed by atoms with Gasteiger partial charge in [0, 0.05) is 24.9 Å². The maximum Gasteiger partial charge on any atom is 0.251 e. The quantitative estimate of drug-likeness (QED) is 0.833. The highest BCUT2D eigenvalue weighted by Gasteiger charge is 2.30. The van der Waals surface area contributed by atoms with Crippen molar-refractivity contribution < 1.29 is 13.2 Å². The fourth-order valence-electron chi connectivity index (χ4n) is 1.32.